The number of benzene rings is 1. The Morgan fingerprint density at radius 1 is 0.971 bits per heavy atom. The van der Waals surface area contributed by atoms with Crippen LogP contribution >= 0.6 is 0 Å². The van der Waals surface area contributed by atoms with Crippen molar-refractivity contribution in [2.45, 2.75) is 65.0 Å². The first-order chi connectivity index (χ1) is 16.6. The van der Waals surface area contributed by atoms with E-state index in [1.54, 1.807) is 13.1 Å². The number of hydrogen-bond acceptors (Lipinski definition) is 4. The average Bonchev–Trinajstić information content (AvgIpc) is 2.80. The minimum atomic E-state index is 0.0474. The molecule has 1 saturated carbocycles. The maximum absolute atomic E-state index is 13.3. The van der Waals surface area contributed by atoms with E-state index in [-0.39, 0.29) is 11.8 Å². The van der Waals surface area contributed by atoms with Gasteiger partial charge in [-0.1, -0.05) is 43.5 Å². The van der Waals surface area contributed by atoms with E-state index in [0.717, 1.165) is 62.6 Å². The molecule has 0 radical (unpaired) electrons. The summed E-state index contributed by atoms with van der Waals surface area (Å²) in [4.78, 5) is 36.5. The van der Waals surface area contributed by atoms with Crippen LogP contribution in [0.1, 0.15) is 63.0 Å². The van der Waals surface area contributed by atoms with Gasteiger partial charge in [0.25, 0.3) is 0 Å². The van der Waals surface area contributed by atoms with Crippen molar-refractivity contribution in [1.29, 1.82) is 0 Å². The highest BCUT2D eigenvalue weighted by Crippen LogP contribution is 2.31. The molecule has 1 aliphatic carbocycles. The third-order valence-electron chi connectivity index (χ3n) is 7.26. The molecule has 1 aromatic carbocycles. The molecule has 34 heavy (non-hydrogen) atoms. The zero-order valence-electron chi connectivity index (χ0n) is 20.5. The summed E-state index contributed by atoms with van der Waals surface area (Å²) in [7, 11) is 0. The van der Waals surface area contributed by atoms with Crippen molar-refractivity contribution in [2.75, 3.05) is 31.1 Å². The van der Waals surface area contributed by atoms with Crippen LogP contribution in [-0.4, -0.2) is 52.8 Å². The van der Waals surface area contributed by atoms with Crippen LogP contribution < -0.4 is 4.90 Å². The minimum Gasteiger partial charge on any atom is -0.338 e. The van der Waals surface area contributed by atoms with E-state index in [9.17, 15) is 9.59 Å². The van der Waals surface area contributed by atoms with E-state index in [0.29, 0.717) is 19.5 Å². The molecule has 0 N–H and O–H groups in total. The molecule has 2 heterocycles. The normalized spacial score (nSPS) is 18.4. The van der Waals surface area contributed by atoms with Crippen molar-refractivity contribution in [3.05, 3.63) is 59.9 Å². The summed E-state index contributed by atoms with van der Waals surface area (Å²) in [6, 6.07) is 12.2. The maximum atomic E-state index is 13.3. The van der Waals surface area contributed by atoms with Gasteiger partial charge in [-0.2, -0.15) is 0 Å². The van der Waals surface area contributed by atoms with E-state index in [4.69, 9.17) is 0 Å². The van der Waals surface area contributed by atoms with Crippen LogP contribution in [-0.2, 0) is 22.7 Å². The lowest BCUT2D eigenvalue weighted by atomic mass is 9.82. The smallest absolute Gasteiger partial charge is 0.223 e. The first kappa shape index (κ1) is 24.4. The first-order valence-electron chi connectivity index (χ1n) is 12.8. The van der Waals surface area contributed by atoms with Crippen molar-refractivity contribution < 1.29 is 9.59 Å². The van der Waals surface area contributed by atoms with Crippen molar-refractivity contribution in [2.24, 2.45) is 5.92 Å². The summed E-state index contributed by atoms with van der Waals surface area (Å²) in [5.74, 6) is 1.02. The molecule has 6 heteroatoms. The summed E-state index contributed by atoms with van der Waals surface area (Å²) >= 11 is 0. The predicted molar refractivity (Wildman–Crippen MR) is 135 cm³/mol. The van der Waals surface area contributed by atoms with Gasteiger partial charge >= 0.3 is 0 Å². The third-order valence-corrected chi connectivity index (χ3v) is 7.26. The van der Waals surface area contributed by atoms with Gasteiger partial charge in [0.1, 0.15) is 0 Å². The molecular formula is C28H38N4O2. The lowest BCUT2D eigenvalue weighted by Crippen LogP contribution is -2.38. The van der Waals surface area contributed by atoms with Gasteiger partial charge < -0.3 is 9.80 Å². The monoisotopic (exact) mass is 462 g/mol. The van der Waals surface area contributed by atoms with Crippen molar-refractivity contribution in [3.8, 4) is 0 Å². The van der Waals surface area contributed by atoms with Crippen LogP contribution in [0.15, 0.2) is 48.8 Å². The Labute approximate surface area is 204 Å². The Bertz CT molecular complexity index is 944. The van der Waals surface area contributed by atoms with Gasteiger partial charge in [0.15, 0.2) is 0 Å². The first-order valence-corrected chi connectivity index (χ1v) is 12.8. The van der Waals surface area contributed by atoms with Crippen LogP contribution in [0.5, 0.6) is 0 Å². The molecule has 2 aromatic rings. The third kappa shape index (κ3) is 6.66. The van der Waals surface area contributed by atoms with Crippen molar-refractivity contribution >= 4 is 17.5 Å². The lowest BCUT2D eigenvalue weighted by Gasteiger charge is -2.32. The average molecular weight is 463 g/mol. The van der Waals surface area contributed by atoms with Crippen LogP contribution in [0.4, 0.5) is 5.69 Å². The summed E-state index contributed by atoms with van der Waals surface area (Å²) in [5.41, 5.74) is 3.19. The van der Waals surface area contributed by atoms with E-state index < -0.39 is 0 Å². The van der Waals surface area contributed by atoms with Crippen LogP contribution in [0.25, 0.3) is 0 Å². The summed E-state index contributed by atoms with van der Waals surface area (Å²) in [6.07, 6.45) is 11.0. The molecule has 182 valence electrons. The zero-order valence-corrected chi connectivity index (χ0v) is 20.5. The van der Waals surface area contributed by atoms with Gasteiger partial charge in [0.05, 0.1) is 0 Å². The maximum Gasteiger partial charge on any atom is 0.223 e. The van der Waals surface area contributed by atoms with E-state index in [2.05, 4.69) is 22.0 Å². The zero-order chi connectivity index (χ0) is 23.8. The molecule has 1 aliphatic heterocycles. The predicted octanol–water partition coefficient (Wildman–Crippen LogP) is 4.64. The Kier molecular flexibility index (Phi) is 8.69. The van der Waals surface area contributed by atoms with Gasteiger partial charge in [-0.3, -0.25) is 19.5 Å². The molecule has 1 aromatic heterocycles. The molecule has 2 amide bonds. The van der Waals surface area contributed by atoms with Gasteiger partial charge in [0, 0.05) is 70.7 Å². The minimum absolute atomic E-state index is 0.0474. The largest absolute Gasteiger partial charge is 0.338 e. The number of amides is 2. The van der Waals surface area contributed by atoms with Gasteiger partial charge in [-0.05, 0) is 48.4 Å². The molecular weight excluding hydrogens is 424 g/mol. The number of rotatable bonds is 5. The Morgan fingerprint density at radius 3 is 2.47 bits per heavy atom. The summed E-state index contributed by atoms with van der Waals surface area (Å²) < 4.78 is 0. The number of fused-ring (bicyclic) bond motifs is 1. The van der Waals surface area contributed by atoms with Crippen LogP contribution in [0.2, 0.25) is 0 Å². The van der Waals surface area contributed by atoms with Crippen molar-refractivity contribution in [3.63, 3.8) is 0 Å². The van der Waals surface area contributed by atoms with E-state index in [1.165, 1.54) is 24.8 Å². The second-order valence-electron chi connectivity index (χ2n) is 9.79. The van der Waals surface area contributed by atoms with Gasteiger partial charge in [0.2, 0.25) is 11.8 Å². The highest BCUT2D eigenvalue weighted by molar-refractivity contribution is 5.92. The Balaban J connectivity index is 1.53. The highest BCUT2D eigenvalue weighted by atomic mass is 16.2. The number of anilines is 1. The second-order valence-corrected chi connectivity index (χ2v) is 9.79. The topological polar surface area (TPSA) is 56.8 Å². The number of pyridine rings is 1. The number of hydrogen-bond donors (Lipinski definition) is 0. The molecule has 0 unspecified atom stereocenters. The fraction of sp³-hybridized carbons (Fsp3) is 0.536. The summed E-state index contributed by atoms with van der Waals surface area (Å²) in [6.45, 7) is 6.26. The number of nitrogens with zero attached hydrogens (tertiary/aromatic N) is 4. The molecule has 0 saturated heterocycles. The standard InChI is InChI=1S/C28H38N4O2/c1-23(33)32-19-7-17-30(21-25-10-5-15-29-20-25)16-6-18-31(22-26-11-2-3-12-27(26)32)28(34)14-13-24-8-4-9-24/h2-3,5,10-12,15,20,24H,4,6-9,13-14,16-19,21-22H2,1H3. The fourth-order valence-corrected chi connectivity index (χ4v) is 5.08. The summed E-state index contributed by atoms with van der Waals surface area (Å²) in [5, 5.41) is 0. The molecule has 6 nitrogen and oxygen atoms in total. The number of carbonyl (C=O) groups is 2. The van der Waals surface area contributed by atoms with Gasteiger partial charge in [-0.25, -0.2) is 0 Å². The van der Waals surface area contributed by atoms with Gasteiger partial charge in [-0.15, -0.1) is 0 Å². The molecule has 2 aliphatic rings. The van der Waals surface area contributed by atoms with Crippen molar-refractivity contribution in [1.82, 2.24) is 14.8 Å². The quantitative estimate of drug-likeness (QED) is 0.650. The lowest BCUT2D eigenvalue weighted by molar-refractivity contribution is -0.132. The highest BCUT2D eigenvalue weighted by Gasteiger charge is 2.23. The second kappa shape index (κ2) is 12.1. The van der Waals surface area contributed by atoms with E-state index in [1.807, 2.05) is 40.3 Å². The van der Waals surface area contributed by atoms with Crippen LogP contribution in [0.3, 0.4) is 0 Å². The molecule has 0 spiro atoms. The fourth-order valence-electron chi connectivity index (χ4n) is 5.08. The molecule has 0 bridgehead atoms. The van der Waals surface area contributed by atoms with Crippen LogP contribution in [0, 0.1) is 5.92 Å². The number of para-hydroxylation sites is 1. The molecule has 4 rings (SSSR count). The molecule has 1 fully saturated rings. The van der Waals surface area contributed by atoms with E-state index >= 15 is 0 Å². The number of aromatic nitrogens is 1. The Morgan fingerprint density at radius 2 is 1.76 bits per heavy atom. The number of carbonyl (C=O) groups excluding carboxylic acids is 2. The SMILES string of the molecule is CC(=O)N1CCCN(Cc2cccnc2)CCCN(C(=O)CCC2CCC2)Cc2ccccc21. The Hall–Kier alpha value is -2.73. The molecule has 0 atom stereocenters.